The van der Waals surface area contributed by atoms with E-state index in [2.05, 4.69) is 19.6 Å². The molecule has 1 fully saturated rings. The highest BCUT2D eigenvalue weighted by molar-refractivity contribution is 7.90. The first kappa shape index (κ1) is 25.5. The molecule has 0 N–H and O–H groups in total. The van der Waals surface area contributed by atoms with Crippen LogP contribution < -0.4 is 4.31 Å². The lowest BCUT2D eigenvalue weighted by molar-refractivity contribution is -0.157. The van der Waals surface area contributed by atoms with Gasteiger partial charge in [0, 0.05) is 50.4 Å². The van der Waals surface area contributed by atoms with E-state index in [1.165, 1.54) is 52.8 Å². The van der Waals surface area contributed by atoms with E-state index < -0.39 is 40.5 Å². The zero-order valence-corrected chi connectivity index (χ0v) is 19.6. The van der Waals surface area contributed by atoms with E-state index in [0.717, 1.165) is 10.4 Å². The summed E-state index contributed by atoms with van der Waals surface area (Å²) in [7, 11) is -4.16. The normalized spacial score (nSPS) is 15.2. The van der Waals surface area contributed by atoms with Gasteiger partial charge in [-0.25, -0.2) is 4.39 Å². The van der Waals surface area contributed by atoms with E-state index in [9.17, 15) is 26.4 Å². The number of piperazine rings is 1. The molecule has 0 saturated carbocycles. The van der Waals surface area contributed by atoms with E-state index >= 15 is 4.39 Å². The number of carbonyl (C=O) groups is 1. The van der Waals surface area contributed by atoms with E-state index in [1.807, 2.05) is 0 Å². The van der Waals surface area contributed by atoms with Crippen LogP contribution in [-0.2, 0) is 27.7 Å². The smallest absolute Gasteiger partial charge is 0.413 e. The summed E-state index contributed by atoms with van der Waals surface area (Å²) in [4.78, 5) is 17.1. The van der Waals surface area contributed by atoms with E-state index in [4.69, 9.17) is 0 Å². The van der Waals surface area contributed by atoms with Crippen LogP contribution in [0.25, 0.3) is 11.5 Å². The average molecular weight is 528 g/mol. The zero-order valence-electron chi connectivity index (χ0n) is 18.8. The average Bonchev–Trinajstić information content (AvgIpc) is 3.35. The Morgan fingerprint density at radius 2 is 1.86 bits per heavy atom. The maximum atomic E-state index is 15.0. The fourth-order valence-corrected chi connectivity index (χ4v) is 5.18. The quantitative estimate of drug-likeness (QED) is 0.452. The maximum absolute atomic E-state index is 15.0. The predicted octanol–water partition coefficient (Wildman–Crippen LogP) is 2.71. The molecule has 0 atom stereocenters. The second kappa shape index (κ2) is 9.81. The number of aromatic nitrogens is 3. The van der Waals surface area contributed by atoms with Crippen molar-refractivity contribution in [3.8, 4) is 11.5 Å². The molecule has 0 bridgehead atoms. The molecular formula is C21H20F4N6O4S. The van der Waals surface area contributed by atoms with Gasteiger partial charge in [-0.1, -0.05) is 6.07 Å². The number of nitrogens with zero attached hydrogens (tertiary/aromatic N) is 6. The monoisotopic (exact) mass is 528 g/mol. The lowest BCUT2D eigenvalue weighted by Gasteiger charge is -2.37. The Morgan fingerprint density at radius 1 is 1.14 bits per heavy atom. The molecule has 0 aliphatic carbocycles. The second-order valence-corrected chi connectivity index (χ2v) is 9.70. The van der Waals surface area contributed by atoms with Crippen molar-refractivity contribution in [3.63, 3.8) is 0 Å². The van der Waals surface area contributed by atoms with Crippen molar-refractivity contribution < 1.29 is 35.2 Å². The van der Waals surface area contributed by atoms with Crippen molar-refractivity contribution in [2.24, 2.45) is 0 Å². The minimum atomic E-state index is -4.85. The molecular weight excluding hydrogens is 508 g/mol. The third-order valence-corrected chi connectivity index (χ3v) is 7.42. The lowest BCUT2D eigenvalue weighted by Crippen LogP contribution is -2.54. The third kappa shape index (κ3) is 5.31. The number of amides is 1. The van der Waals surface area contributed by atoms with Gasteiger partial charge in [0.25, 0.3) is 0 Å². The van der Waals surface area contributed by atoms with Crippen LogP contribution in [0.5, 0.6) is 0 Å². The largest absolute Gasteiger partial charge is 0.470 e. The SMILES string of the molecule is CC(=O)N1CCN(S(=O)(=O)N(Cc2ccc(-c3nnc(C(F)(F)F)o3)cc2F)c2cccnc2)CC1. The molecule has 192 valence electrons. The Labute approximate surface area is 203 Å². The van der Waals surface area contributed by atoms with Gasteiger partial charge in [0.15, 0.2) is 0 Å². The molecule has 2 aromatic heterocycles. The molecule has 1 saturated heterocycles. The molecule has 15 heteroatoms. The highest BCUT2D eigenvalue weighted by atomic mass is 32.2. The van der Waals surface area contributed by atoms with Crippen molar-refractivity contribution in [3.05, 3.63) is 60.0 Å². The summed E-state index contributed by atoms with van der Waals surface area (Å²) in [5, 5.41) is 6.21. The Hall–Kier alpha value is -3.59. The van der Waals surface area contributed by atoms with Crippen LogP contribution in [0.1, 0.15) is 18.4 Å². The first-order chi connectivity index (χ1) is 17.0. The van der Waals surface area contributed by atoms with E-state index in [0.29, 0.717) is 0 Å². The zero-order chi connectivity index (χ0) is 26.1. The number of alkyl halides is 3. The van der Waals surface area contributed by atoms with Gasteiger partial charge < -0.3 is 9.32 Å². The molecule has 3 heterocycles. The molecule has 1 aliphatic rings. The van der Waals surface area contributed by atoms with Gasteiger partial charge in [0.2, 0.25) is 11.8 Å². The molecule has 0 unspecified atom stereocenters. The summed E-state index contributed by atoms with van der Waals surface area (Å²) in [6.45, 7) is 1.50. The van der Waals surface area contributed by atoms with Gasteiger partial charge in [-0.3, -0.25) is 14.1 Å². The van der Waals surface area contributed by atoms with Gasteiger partial charge >= 0.3 is 22.3 Å². The fourth-order valence-electron chi connectivity index (χ4n) is 3.60. The standard InChI is InChI=1S/C21H20F4N6O4S/c1-14(32)29-7-9-30(10-8-29)36(33,34)31(17-3-2-6-26-12-17)13-16-5-4-15(11-18(16)22)19-27-28-20(35-19)21(23,24)25/h2-6,11-12H,7-10,13H2,1H3. The molecule has 1 aliphatic heterocycles. The van der Waals surface area contributed by atoms with Gasteiger partial charge in [-0.2, -0.15) is 25.9 Å². The topological polar surface area (TPSA) is 113 Å². The number of halogens is 4. The fraction of sp³-hybridized carbons (Fsp3) is 0.333. The van der Waals surface area contributed by atoms with Crippen LogP contribution in [0, 0.1) is 5.82 Å². The molecule has 10 nitrogen and oxygen atoms in total. The predicted molar refractivity (Wildman–Crippen MR) is 118 cm³/mol. The third-order valence-electron chi connectivity index (χ3n) is 5.50. The Kier molecular flexibility index (Phi) is 6.95. The van der Waals surface area contributed by atoms with Crippen molar-refractivity contribution in [2.45, 2.75) is 19.6 Å². The minimum Gasteiger partial charge on any atom is -0.413 e. The molecule has 0 radical (unpaired) electrons. The number of hydrogen-bond acceptors (Lipinski definition) is 7. The van der Waals surface area contributed by atoms with Crippen LogP contribution in [0.3, 0.4) is 0 Å². The molecule has 1 amide bonds. The van der Waals surface area contributed by atoms with Gasteiger partial charge in [0.05, 0.1) is 18.4 Å². The second-order valence-electron chi connectivity index (χ2n) is 7.85. The number of rotatable bonds is 6. The van der Waals surface area contributed by atoms with E-state index in [-0.39, 0.29) is 48.9 Å². The first-order valence-corrected chi connectivity index (χ1v) is 12.0. The van der Waals surface area contributed by atoms with Crippen LogP contribution in [-0.4, -0.2) is 64.9 Å². The Bertz CT molecular complexity index is 1340. The van der Waals surface area contributed by atoms with Crippen molar-refractivity contribution >= 4 is 21.8 Å². The Morgan fingerprint density at radius 3 is 2.42 bits per heavy atom. The van der Waals surface area contributed by atoms with Gasteiger partial charge in [-0.15, -0.1) is 10.2 Å². The van der Waals surface area contributed by atoms with Crippen LogP contribution in [0.4, 0.5) is 23.2 Å². The summed E-state index contributed by atoms with van der Waals surface area (Å²) in [5.41, 5.74) is 0.0289. The number of benzene rings is 1. The first-order valence-electron chi connectivity index (χ1n) is 10.6. The van der Waals surface area contributed by atoms with Crippen LogP contribution in [0.15, 0.2) is 47.1 Å². The summed E-state index contributed by atoms with van der Waals surface area (Å²) in [5.74, 6) is -3.15. The molecule has 0 spiro atoms. The molecule has 3 aromatic rings. The number of hydrogen-bond donors (Lipinski definition) is 0. The molecule has 4 rings (SSSR count). The summed E-state index contributed by atoms with van der Waals surface area (Å²) in [6.07, 6.45) is -2.08. The van der Waals surface area contributed by atoms with Crippen molar-refractivity contribution in [1.29, 1.82) is 0 Å². The number of carbonyl (C=O) groups excluding carboxylic acids is 1. The molecule has 36 heavy (non-hydrogen) atoms. The van der Waals surface area contributed by atoms with Crippen LogP contribution in [0.2, 0.25) is 0 Å². The number of anilines is 1. The Balaban J connectivity index is 1.62. The molecule has 1 aromatic carbocycles. The lowest BCUT2D eigenvalue weighted by atomic mass is 10.1. The maximum Gasteiger partial charge on any atom is 0.470 e. The van der Waals surface area contributed by atoms with Crippen molar-refractivity contribution in [1.82, 2.24) is 24.4 Å². The summed E-state index contributed by atoms with van der Waals surface area (Å²) < 4.78 is 87.0. The minimum absolute atomic E-state index is 0.0517. The van der Waals surface area contributed by atoms with Gasteiger partial charge in [0.1, 0.15) is 5.82 Å². The number of pyridine rings is 1. The van der Waals surface area contributed by atoms with E-state index in [1.54, 1.807) is 0 Å². The van der Waals surface area contributed by atoms with Gasteiger partial charge in [-0.05, 0) is 24.3 Å². The van der Waals surface area contributed by atoms with Crippen molar-refractivity contribution in [2.75, 3.05) is 30.5 Å². The summed E-state index contributed by atoms with van der Waals surface area (Å²) in [6, 6.07) is 6.40. The summed E-state index contributed by atoms with van der Waals surface area (Å²) >= 11 is 0. The highest BCUT2D eigenvalue weighted by Crippen LogP contribution is 2.31. The van der Waals surface area contributed by atoms with Crippen LogP contribution >= 0.6 is 0 Å². The highest BCUT2D eigenvalue weighted by Gasteiger charge is 2.38.